The Morgan fingerprint density at radius 1 is 1.44 bits per heavy atom. The lowest BCUT2D eigenvalue weighted by Gasteiger charge is -2.31. The molecule has 5 nitrogen and oxygen atoms in total. The van der Waals surface area contributed by atoms with Crippen molar-refractivity contribution in [1.29, 1.82) is 0 Å². The van der Waals surface area contributed by atoms with Crippen molar-refractivity contribution in [3.63, 3.8) is 0 Å². The molecule has 1 aliphatic heterocycles. The number of aryl methyl sites for hydroxylation is 1. The molecule has 1 unspecified atom stereocenters. The number of nitrogens with zero attached hydrogens (tertiary/aromatic N) is 1. The normalized spacial score (nSPS) is 17.6. The highest BCUT2D eigenvalue weighted by Gasteiger charge is 2.23. The molecule has 0 bridgehead atoms. The molecule has 0 aromatic heterocycles. The van der Waals surface area contributed by atoms with Crippen LogP contribution in [0.25, 0.3) is 0 Å². The predicted molar refractivity (Wildman–Crippen MR) is 99.7 cm³/mol. The lowest BCUT2D eigenvalue weighted by Crippen LogP contribution is -2.45. The molecule has 1 atom stereocenters. The Morgan fingerprint density at radius 3 is 2.96 bits per heavy atom. The van der Waals surface area contributed by atoms with Crippen LogP contribution in [0.4, 0.5) is 4.79 Å². The third-order valence-electron chi connectivity index (χ3n) is 4.67. The van der Waals surface area contributed by atoms with E-state index in [1.807, 2.05) is 25.1 Å². The average molecular weight is 348 g/mol. The van der Waals surface area contributed by atoms with E-state index in [9.17, 15) is 9.90 Å². The first-order chi connectivity index (χ1) is 12.0. The fourth-order valence-corrected chi connectivity index (χ4v) is 3.03. The second kappa shape index (κ2) is 9.66. The van der Waals surface area contributed by atoms with Crippen LogP contribution >= 0.6 is 0 Å². The van der Waals surface area contributed by atoms with E-state index in [1.54, 1.807) is 4.90 Å². The molecule has 5 heteroatoms. The standard InChI is InChI=1S/C20H32N2O3/c1-15(2)8-10-25-19-11-16(3)6-7-18(19)12-21-20(24)22-9-4-5-17(13-22)14-23/h6-7,11,15,17,23H,4-5,8-10,12-14H2,1-3H3,(H,21,24). The Labute approximate surface area is 151 Å². The molecule has 2 rings (SSSR count). The molecular formula is C20H32N2O3. The van der Waals surface area contributed by atoms with Crippen molar-refractivity contribution in [3.8, 4) is 5.75 Å². The number of hydrogen-bond acceptors (Lipinski definition) is 3. The van der Waals surface area contributed by atoms with Gasteiger partial charge in [0.05, 0.1) is 6.61 Å². The van der Waals surface area contributed by atoms with E-state index in [2.05, 4.69) is 19.2 Å². The zero-order chi connectivity index (χ0) is 18.2. The Morgan fingerprint density at radius 2 is 2.24 bits per heavy atom. The van der Waals surface area contributed by atoms with Gasteiger partial charge in [0.2, 0.25) is 0 Å². The summed E-state index contributed by atoms with van der Waals surface area (Å²) in [5.41, 5.74) is 2.15. The third kappa shape index (κ3) is 6.24. The molecular weight excluding hydrogens is 316 g/mol. The molecule has 2 N–H and O–H groups in total. The maximum atomic E-state index is 12.4. The first-order valence-electron chi connectivity index (χ1n) is 9.35. The van der Waals surface area contributed by atoms with Gasteiger partial charge in [0.25, 0.3) is 0 Å². The van der Waals surface area contributed by atoms with Crippen LogP contribution in [0, 0.1) is 18.8 Å². The topological polar surface area (TPSA) is 61.8 Å². The third-order valence-corrected chi connectivity index (χ3v) is 4.67. The molecule has 1 aromatic carbocycles. The number of amides is 2. The van der Waals surface area contributed by atoms with Gasteiger partial charge in [0.1, 0.15) is 5.75 Å². The van der Waals surface area contributed by atoms with Crippen molar-refractivity contribution in [3.05, 3.63) is 29.3 Å². The van der Waals surface area contributed by atoms with Gasteiger partial charge in [-0.05, 0) is 49.7 Å². The van der Waals surface area contributed by atoms with Crippen molar-refractivity contribution >= 4 is 6.03 Å². The maximum Gasteiger partial charge on any atom is 0.317 e. The molecule has 25 heavy (non-hydrogen) atoms. The first kappa shape index (κ1) is 19.6. The van der Waals surface area contributed by atoms with Gasteiger partial charge in [-0.1, -0.05) is 26.0 Å². The lowest BCUT2D eigenvalue weighted by molar-refractivity contribution is 0.129. The molecule has 0 radical (unpaired) electrons. The van der Waals surface area contributed by atoms with Crippen LogP contribution in [0.5, 0.6) is 5.75 Å². The van der Waals surface area contributed by atoms with E-state index in [1.165, 1.54) is 0 Å². The van der Waals surface area contributed by atoms with E-state index in [4.69, 9.17) is 4.74 Å². The second-order valence-corrected chi connectivity index (χ2v) is 7.44. The van der Waals surface area contributed by atoms with Gasteiger partial charge in [-0.15, -0.1) is 0 Å². The summed E-state index contributed by atoms with van der Waals surface area (Å²) >= 11 is 0. The molecule has 0 spiro atoms. The van der Waals surface area contributed by atoms with Gasteiger partial charge in [0, 0.05) is 31.8 Å². The van der Waals surface area contributed by atoms with Crippen molar-refractivity contribution in [1.82, 2.24) is 10.2 Å². The molecule has 1 saturated heterocycles. The molecule has 1 aliphatic rings. The predicted octanol–water partition coefficient (Wildman–Crippen LogP) is 3.33. The zero-order valence-corrected chi connectivity index (χ0v) is 15.8. The van der Waals surface area contributed by atoms with E-state index in [-0.39, 0.29) is 18.6 Å². The van der Waals surface area contributed by atoms with Gasteiger partial charge in [-0.3, -0.25) is 0 Å². The van der Waals surface area contributed by atoms with Crippen LogP contribution in [0.1, 0.15) is 44.2 Å². The Hall–Kier alpha value is -1.75. The Bertz CT molecular complexity index is 560. The number of carbonyl (C=O) groups excluding carboxylic acids is 1. The number of hydrogen-bond donors (Lipinski definition) is 2. The number of piperidine rings is 1. The van der Waals surface area contributed by atoms with Crippen molar-refractivity contribution in [2.45, 2.75) is 46.6 Å². The van der Waals surface area contributed by atoms with E-state index >= 15 is 0 Å². The number of ether oxygens (including phenoxy) is 1. The van der Waals surface area contributed by atoms with Crippen LogP contribution in [0.2, 0.25) is 0 Å². The van der Waals surface area contributed by atoms with Gasteiger partial charge in [0.15, 0.2) is 0 Å². The number of urea groups is 1. The average Bonchev–Trinajstić information content (AvgIpc) is 2.60. The summed E-state index contributed by atoms with van der Waals surface area (Å²) in [6, 6.07) is 6.03. The second-order valence-electron chi connectivity index (χ2n) is 7.44. The minimum Gasteiger partial charge on any atom is -0.493 e. The van der Waals surface area contributed by atoms with Gasteiger partial charge < -0.3 is 20.1 Å². The van der Waals surface area contributed by atoms with Crippen LogP contribution in [-0.2, 0) is 6.54 Å². The molecule has 1 aromatic rings. The van der Waals surface area contributed by atoms with Crippen molar-refractivity contribution < 1.29 is 14.6 Å². The maximum absolute atomic E-state index is 12.4. The molecule has 0 aliphatic carbocycles. The van der Waals surface area contributed by atoms with E-state index in [0.29, 0.717) is 25.6 Å². The highest BCUT2D eigenvalue weighted by molar-refractivity contribution is 5.74. The minimum absolute atomic E-state index is 0.0631. The summed E-state index contributed by atoms with van der Waals surface area (Å²) in [6.07, 6.45) is 2.95. The first-order valence-corrected chi connectivity index (χ1v) is 9.35. The molecule has 1 fully saturated rings. The van der Waals surface area contributed by atoms with Crippen molar-refractivity contribution in [2.75, 3.05) is 26.3 Å². The number of nitrogens with one attached hydrogen (secondary N) is 1. The van der Waals surface area contributed by atoms with Crippen LogP contribution < -0.4 is 10.1 Å². The molecule has 2 amide bonds. The summed E-state index contributed by atoms with van der Waals surface area (Å²) in [5.74, 6) is 1.66. The summed E-state index contributed by atoms with van der Waals surface area (Å²) in [5, 5.41) is 12.3. The number of rotatable bonds is 7. The number of aliphatic hydroxyl groups is 1. The van der Waals surface area contributed by atoms with Crippen LogP contribution in [-0.4, -0.2) is 42.3 Å². The Balaban J connectivity index is 1.91. The van der Waals surface area contributed by atoms with Crippen molar-refractivity contribution in [2.24, 2.45) is 11.8 Å². The number of aliphatic hydroxyl groups excluding tert-OH is 1. The fourth-order valence-electron chi connectivity index (χ4n) is 3.03. The minimum atomic E-state index is -0.0631. The van der Waals surface area contributed by atoms with Gasteiger partial charge in [-0.2, -0.15) is 0 Å². The largest absolute Gasteiger partial charge is 0.493 e. The highest BCUT2D eigenvalue weighted by atomic mass is 16.5. The lowest BCUT2D eigenvalue weighted by atomic mass is 9.99. The molecule has 1 heterocycles. The molecule has 140 valence electrons. The summed E-state index contributed by atoms with van der Waals surface area (Å²) in [7, 11) is 0. The highest BCUT2D eigenvalue weighted by Crippen LogP contribution is 2.21. The monoisotopic (exact) mass is 348 g/mol. The van der Waals surface area contributed by atoms with Crippen LogP contribution in [0.3, 0.4) is 0 Å². The fraction of sp³-hybridized carbons (Fsp3) is 0.650. The molecule has 0 saturated carbocycles. The number of carbonyl (C=O) groups is 1. The Kier molecular flexibility index (Phi) is 7.56. The quantitative estimate of drug-likeness (QED) is 0.794. The SMILES string of the molecule is Cc1ccc(CNC(=O)N2CCCC(CO)C2)c(OCCC(C)C)c1. The van der Waals surface area contributed by atoms with E-state index in [0.717, 1.165) is 42.7 Å². The smallest absolute Gasteiger partial charge is 0.317 e. The zero-order valence-electron chi connectivity index (χ0n) is 15.8. The summed E-state index contributed by atoms with van der Waals surface area (Å²) in [4.78, 5) is 14.2. The number of benzene rings is 1. The van der Waals surface area contributed by atoms with Crippen LogP contribution in [0.15, 0.2) is 18.2 Å². The van der Waals surface area contributed by atoms with Gasteiger partial charge >= 0.3 is 6.03 Å². The summed E-state index contributed by atoms with van der Waals surface area (Å²) in [6.45, 7) is 9.08. The summed E-state index contributed by atoms with van der Waals surface area (Å²) < 4.78 is 5.94. The number of likely N-dealkylation sites (tertiary alicyclic amines) is 1. The van der Waals surface area contributed by atoms with E-state index < -0.39 is 0 Å². The van der Waals surface area contributed by atoms with Gasteiger partial charge in [-0.25, -0.2) is 4.79 Å².